The first kappa shape index (κ1) is 19.2. The molecule has 3 aromatic rings. The quantitative estimate of drug-likeness (QED) is 0.705. The Labute approximate surface area is 168 Å². The molecule has 2 N–H and O–H groups in total. The largest absolute Gasteiger partial charge is 0.508 e. The molecule has 1 amide bonds. The molecule has 29 heavy (non-hydrogen) atoms. The van der Waals surface area contributed by atoms with Gasteiger partial charge in [-0.3, -0.25) is 4.79 Å². The van der Waals surface area contributed by atoms with Gasteiger partial charge < -0.3 is 19.6 Å². The Kier molecular flexibility index (Phi) is 5.36. The van der Waals surface area contributed by atoms with E-state index in [9.17, 15) is 9.90 Å². The van der Waals surface area contributed by atoms with E-state index in [2.05, 4.69) is 16.4 Å². The summed E-state index contributed by atoms with van der Waals surface area (Å²) in [6.07, 6.45) is 2.01. The number of nitrogens with zero attached hydrogens (tertiary/aromatic N) is 1. The minimum atomic E-state index is -0.262. The number of fused-ring (bicyclic) bond motifs is 1. The van der Waals surface area contributed by atoms with Gasteiger partial charge in [0, 0.05) is 24.6 Å². The molecule has 1 aliphatic rings. The van der Waals surface area contributed by atoms with Crippen molar-refractivity contribution in [2.75, 3.05) is 13.2 Å². The van der Waals surface area contributed by atoms with Gasteiger partial charge in [-0.25, -0.2) is 4.99 Å². The van der Waals surface area contributed by atoms with E-state index in [1.165, 1.54) is 6.07 Å². The van der Waals surface area contributed by atoms with Crippen molar-refractivity contribution in [1.82, 2.24) is 5.32 Å². The Morgan fingerprint density at radius 1 is 1.17 bits per heavy atom. The molecular formula is C23H24N2O4. The zero-order valence-electron chi connectivity index (χ0n) is 16.6. The molecular weight excluding hydrogens is 368 g/mol. The van der Waals surface area contributed by atoms with Crippen molar-refractivity contribution in [3.63, 3.8) is 0 Å². The maximum absolute atomic E-state index is 12.9. The van der Waals surface area contributed by atoms with E-state index in [1.54, 1.807) is 18.2 Å². The third kappa shape index (κ3) is 4.49. The molecule has 2 aromatic carbocycles. The highest BCUT2D eigenvalue weighted by molar-refractivity contribution is 5.96. The third-order valence-electron chi connectivity index (χ3n) is 4.93. The molecule has 0 unspecified atom stereocenters. The fraction of sp³-hybridized carbons (Fsp3) is 0.304. The number of rotatable bonds is 4. The summed E-state index contributed by atoms with van der Waals surface area (Å²) < 4.78 is 11.5. The Morgan fingerprint density at radius 3 is 2.69 bits per heavy atom. The minimum absolute atomic E-state index is 0.0492. The van der Waals surface area contributed by atoms with Gasteiger partial charge in [-0.05, 0) is 68.1 Å². The van der Waals surface area contributed by atoms with Gasteiger partial charge in [0.2, 0.25) is 5.55 Å². The summed E-state index contributed by atoms with van der Waals surface area (Å²) in [6, 6.07) is 12.5. The second-order valence-corrected chi connectivity index (χ2v) is 7.49. The molecule has 0 radical (unpaired) electrons. The molecule has 6 nitrogen and oxygen atoms in total. The Balaban J connectivity index is 1.77. The van der Waals surface area contributed by atoms with Crippen molar-refractivity contribution in [2.24, 2.45) is 4.99 Å². The highest BCUT2D eigenvalue weighted by Gasteiger charge is 2.18. The van der Waals surface area contributed by atoms with Gasteiger partial charge in [-0.2, -0.15) is 0 Å². The van der Waals surface area contributed by atoms with Crippen molar-refractivity contribution in [3.05, 3.63) is 64.7 Å². The second-order valence-electron chi connectivity index (χ2n) is 7.49. The summed E-state index contributed by atoms with van der Waals surface area (Å²) in [5.74, 6) is -0.170. The highest BCUT2D eigenvalue weighted by atomic mass is 16.5. The summed E-state index contributed by atoms with van der Waals surface area (Å²) in [5.41, 5.74) is 3.87. The zero-order chi connectivity index (χ0) is 20.4. The van der Waals surface area contributed by atoms with Crippen LogP contribution in [0.25, 0.3) is 11.0 Å². The van der Waals surface area contributed by atoms with Crippen LogP contribution in [0.3, 0.4) is 0 Å². The maximum atomic E-state index is 12.9. The van der Waals surface area contributed by atoms with E-state index in [0.717, 1.165) is 30.6 Å². The number of carbonyl (C=O) groups excluding carboxylic acids is 1. The highest BCUT2D eigenvalue weighted by Crippen LogP contribution is 2.21. The summed E-state index contributed by atoms with van der Waals surface area (Å²) in [6.45, 7) is 5.19. The SMILES string of the molecule is Cc1cc(C)cc(N=c2oc3cc(O)ccc3cc2C(=O)NC[C@@H]2CCCO2)c1. The van der Waals surface area contributed by atoms with Crippen LogP contribution in [0.1, 0.15) is 34.3 Å². The lowest BCUT2D eigenvalue weighted by Crippen LogP contribution is -2.34. The van der Waals surface area contributed by atoms with Crippen molar-refractivity contribution >= 4 is 22.6 Å². The fourth-order valence-corrected chi connectivity index (χ4v) is 3.59. The number of nitrogens with one attached hydrogen (secondary N) is 1. The van der Waals surface area contributed by atoms with Gasteiger partial charge in [0.05, 0.1) is 11.8 Å². The molecule has 1 fully saturated rings. The first-order valence-corrected chi connectivity index (χ1v) is 9.78. The summed E-state index contributed by atoms with van der Waals surface area (Å²) in [4.78, 5) is 17.5. The lowest BCUT2D eigenvalue weighted by Gasteiger charge is -2.11. The zero-order valence-corrected chi connectivity index (χ0v) is 16.6. The molecule has 0 bridgehead atoms. The third-order valence-corrected chi connectivity index (χ3v) is 4.93. The van der Waals surface area contributed by atoms with Crippen LogP contribution in [0.2, 0.25) is 0 Å². The maximum Gasteiger partial charge on any atom is 0.256 e. The molecule has 0 saturated carbocycles. The van der Waals surface area contributed by atoms with Gasteiger partial charge in [0.15, 0.2) is 0 Å². The topological polar surface area (TPSA) is 84.1 Å². The van der Waals surface area contributed by atoms with Gasteiger partial charge >= 0.3 is 0 Å². The fourth-order valence-electron chi connectivity index (χ4n) is 3.59. The molecule has 1 saturated heterocycles. The molecule has 4 rings (SSSR count). The van der Waals surface area contributed by atoms with Gasteiger partial charge in [-0.1, -0.05) is 6.07 Å². The van der Waals surface area contributed by atoms with E-state index in [1.807, 2.05) is 26.0 Å². The number of phenols is 1. The standard InChI is InChI=1S/C23H24N2O4/c1-14-8-15(2)10-17(9-14)25-23-20(22(27)24-13-19-4-3-7-28-19)11-16-5-6-18(26)12-21(16)29-23/h5-6,8-12,19,26H,3-4,7,13H2,1-2H3,(H,24,27)/t19-/m0/s1. The predicted molar refractivity (Wildman–Crippen MR) is 110 cm³/mol. The summed E-state index contributed by atoms with van der Waals surface area (Å²) in [7, 11) is 0. The number of ether oxygens (including phenoxy) is 1. The number of benzene rings is 2. The van der Waals surface area contributed by atoms with Crippen LogP contribution < -0.4 is 10.9 Å². The predicted octanol–water partition coefficient (Wildman–Crippen LogP) is 3.90. The van der Waals surface area contributed by atoms with Crippen LogP contribution in [0.4, 0.5) is 5.69 Å². The number of hydrogen-bond acceptors (Lipinski definition) is 5. The summed E-state index contributed by atoms with van der Waals surface area (Å²) in [5, 5.41) is 13.4. The lowest BCUT2D eigenvalue weighted by molar-refractivity contribution is 0.0854. The van der Waals surface area contributed by atoms with Crippen LogP contribution in [-0.2, 0) is 4.74 Å². The van der Waals surface area contributed by atoms with Crippen LogP contribution in [0.5, 0.6) is 5.75 Å². The number of carbonyl (C=O) groups is 1. The molecule has 1 aliphatic heterocycles. The van der Waals surface area contributed by atoms with E-state index in [0.29, 0.717) is 28.8 Å². The van der Waals surface area contributed by atoms with Gasteiger partial charge in [0.1, 0.15) is 16.9 Å². The van der Waals surface area contributed by atoms with Crippen molar-refractivity contribution in [3.8, 4) is 5.75 Å². The van der Waals surface area contributed by atoms with Crippen molar-refractivity contribution < 1.29 is 19.1 Å². The molecule has 1 atom stereocenters. The van der Waals surface area contributed by atoms with E-state index < -0.39 is 0 Å². The molecule has 2 heterocycles. The molecule has 6 heteroatoms. The average molecular weight is 392 g/mol. The number of aryl methyl sites for hydroxylation is 2. The number of amides is 1. The first-order valence-electron chi connectivity index (χ1n) is 9.78. The van der Waals surface area contributed by atoms with Crippen LogP contribution >= 0.6 is 0 Å². The molecule has 1 aromatic heterocycles. The normalized spacial score (nSPS) is 17.0. The van der Waals surface area contributed by atoms with Crippen molar-refractivity contribution in [1.29, 1.82) is 0 Å². The van der Waals surface area contributed by atoms with E-state index >= 15 is 0 Å². The van der Waals surface area contributed by atoms with E-state index in [4.69, 9.17) is 9.15 Å². The Bertz CT molecular complexity index is 1110. The average Bonchev–Trinajstić information content (AvgIpc) is 3.18. The lowest BCUT2D eigenvalue weighted by atomic mass is 10.1. The van der Waals surface area contributed by atoms with E-state index in [-0.39, 0.29) is 23.3 Å². The Morgan fingerprint density at radius 2 is 1.97 bits per heavy atom. The smallest absolute Gasteiger partial charge is 0.256 e. The van der Waals surface area contributed by atoms with Gasteiger partial charge in [-0.15, -0.1) is 0 Å². The first-order chi connectivity index (χ1) is 14.0. The number of hydrogen-bond donors (Lipinski definition) is 2. The molecule has 0 spiro atoms. The summed E-state index contributed by atoms with van der Waals surface area (Å²) >= 11 is 0. The molecule has 150 valence electrons. The minimum Gasteiger partial charge on any atom is -0.508 e. The Hall–Kier alpha value is -3.12. The second kappa shape index (κ2) is 8.09. The van der Waals surface area contributed by atoms with Crippen LogP contribution in [-0.4, -0.2) is 30.3 Å². The van der Waals surface area contributed by atoms with Gasteiger partial charge in [0.25, 0.3) is 5.91 Å². The van der Waals surface area contributed by atoms with Crippen LogP contribution in [0, 0.1) is 13.8 Å². The monoisotopic (exact) mass is 392 g/mol. The van der Waals surface area contributed by atoms with Crippen LogP contribution in [0.15, 0.2) is 51.9 Å². The van der Waals surface area contributed by atoms with Crippen molar-refractivity contribution in [2.45, 2.75) is 32.8 Å². The number of aromatic hydroxyl groups is 1. The number of phenolic OH excluding ortho intramolecular Hbond substituents is 1. The molecule has 0 aliphatic carbocycles.